The number of carbonyl (C=O) groups excluding carboxylic acids is 3. The molecule has 0 bridgehead atoms. The molecular weight excluding hydrogens is 449 g/mol. The number of hydrogen-bond donors (Lipinski definition) is 2. The molecule has 34 heavy (non-hydrogen) atoms. The van der Waals surface area contributed by atoms with Crippen molar-refractivity contribution in [3.63, 3.8) is 0 Å². The maximum atomic E-state index is 13.8. The van der Waals surface area contributed by atoms with Gasteiger partial charge in [-0.15, -0.1) is 0 Å². The van der Waals surface area contributed by atoms with Crippen LogP contribution in [0.3, 0.4) is 0 Å². The lowest BCUT2D eigenvalue weighted by atomic mass is 9.91. The van der Waals surface area contributed by atoms with Crippen molar-refractivity contribution in [1.29, 1.82) is 0 Å². The number of halogens is 3. The number of urea groups is 1. The predicted molar refractivity (Wildman–Crippen MR) is 120 cm³/mol. The van der Waals surface area contributed by atoms with Gasteiger partial charge in [0.1, 0.15) is 6.04 Å². The number of rotatable bonds is 7. The summed E-state index contributed by atoms with van der Waals surface area (Å²) in [5.41, 5.74) is -0.716. The first-order valence-corrected chi connectivity index (χ1v) is 11.4. The number of hydrogen-bond acceptors (Lipinski definition) is 3. The monoisotopic (exact) mass is 480 g/mol. The van der Waals surface area contributed by atoms with Crippen LogP contribution in [0.15, 0.2) is 35.5 Å². The Kier molecular flexibility index (Phi) is 7.28. The summed E-state index contributed by atoms with van der Waals surface area (Å²) in [6.07, 6.45) is -4.66. The first-order valence-electron chi connectivity index (χ1n) is 11.4. The minimum absolute atomic E-state index is 0.0297. The summed E-state index contributed by atoms with van der Waals surface area (Å²) in [5.74, 6) is -0.921. The molecule has 0 aliphatic carbocycles. The molecule has 1 aromatic rings. The fourth-order valence-corrected chi connectivity index (χ4v) is 4.53. The van der Waals surface area contributed by atoms with E-state index in [0.717, 1.165) is 6.07 Å². The molecular formula is C24H31F3N4O3. The van der Waals surface area contributed by atoms with Gasteiger partial charge in [-0.25, -0.2) is 4.79 Å². The van der Waals surface area contributed by atoms with Gasteiger partial charge in [0.2, 0.25) is 5.91 Å². The zero-order chi connectivity index (χ0) is 25.4. The molecule has 0 saturated heterocycles. The third-order valence-corrected chi connectivity index (χ3v) is 6.06. The zero-order valence-corrected chi connectivity index (χ0v) is 20.0. The van der Waals surface area contributed by atoms with Crippen molar-refractivity contribution < 1.29 is 27.6 Å². The van der Waals surface area contributed by atoms with E-state index in [1.54, 1.807) is 6.92 Å². The molecule has 2 aliphatic rings. The fourth-order valence-electron chi connectivity index (χ4n) is 4.53. The van der Waals surface area contributed by atoms with Gasteiger partial charge in [0.05, 0.1) is 29.4 Å². The highest BCUT2D eigenvalue weighted by Crippen LogP contribution is 2.42. The Morgan fingerprint density at radius 3 is 2.38 bits per heavy atom. The second kappa shape index (κ2) is 9.68. The summed E-state index contributed by atoms with van der Waals surface area (Å²) < 4.78 is 41.3. The maximum Gasteiger partial charge on any atom is 0.416 e. The Hall–Kier alpha value is -3.04. The summed E-state index contributed by atoms with van der Waals surface area (Å²) in [6.45, 7) is 9.86. The van der Waals surface area contributed by atoms with Crippen LogP contribution in [0, 0.1) is 11.8 Å². The van der Waals surface area contributed by atoms with Crippen LogP contribution >= 0.6 is 0 Å². The van der Waals surface area contributed by atoms with Gasteiger partial charge in [0, 0.05) is 13.1 Å². The molecule has 2 atom stereocenters. The van der Waals surface area contributed by atoms with E-state index >= 15 is 0 Å². The standard InChI is InChI=1S/C24H31F3N4O3/c1-6-30-17-12-31(20(14(4)5)21(32)28-11-13(2)3)22(33)18(17)19(29-23(30)34)15-9-7-8-10-16(15)24(25,26)27/h7-10,13-14,19-20H,6,11-12H2,1-5H3,(H,28,32)(H,29,34)/t19-,20-/m0/s1. The Balaban J connectivity index is 2.06. The van der Waals surface area contributed by atoms with Crippen molar-refractivity contribution in [1.82, 2.24) is 20.4 Å². The van der Waals surface area contributed by atoms with Gasteiger partial charge in [0.15, 0.2) is 0 Å². The molecule has 186 valence electrons. The van der Waals surface area contributed by atoms with Gasteiger partial charge in [0.25, 0.3) is 5.91 Å². The molecule has 1 aromatic carbocycles. The van der Waals surface area contributed by atoms with E-state index in [1.807, 2.05) is 27.7 Å². The Bertz CT molecular complexity index is 1000. The second-order valence-electron chi connectivity index (χ2n) is 9.33. The smallest absolute Gasteiger partial charge is 0.354 e. The van der Waals surface area contributed by atoms with Crippen LogP contribution in [0.25, 0.3) is 0 Å². The summed E-state index contributed by atoms with van der Waals surface area (Å²) in [5, 5.41) is 5.44. The van der Waals surface area contributed by atoms with Crippen LogP contribution in [0.5, 0.6) is 0 Å². The highest BCUT2D eigenvalue weighted by molar-refractivity contribution is 6.03. The number of likely N-dealkylation sites (N-methyl/N-ethyl adjacent to an activating group) is 1. The molecule has 7 nitrogen and oxygen atoms in total. The normalized spacial score (nSPS) is 19.6. The second-order valence-corrected chi connectivity index (χ2v) is 9.33. The lowest BCUT2D eigenvalue weighted by Crippen LogP contribution is -2.52. The lowest BCUT2D eigenvalue weighted by Gasteiger charge is -2.33. The van der Waals surface area contributed by atoms with E-state index in [4.69, 9.17) is 0 Å². The Morgan fingerprint density at radius 1 is 1.18 bits per heavy atom. The molecule has 0 radical (unpaired) electrons. The van der Waals surface area contributed by atoms with Gasteiger partial charge >= 0.3 is 12.2 Å². The molecule has 4 amide bonds. The molecule has 3 rings (SSSR count). The fraction of sp³-hybridized carbons (Fsp3) is 0.542. The molecule has 0 unspecified atom stereocenters. The number of carbonyl (C=O) groups is 3. The van der Waals surface area contributed by atoms with Crippen LogP contribution in [-0.2, 0) is 15.8 Å². The van der Waals surface area contributed by atoms with Crippen molar-refractivity contribution >= 4 is 17.8 Å². The predicted octanol–water partition coefficient (Wildman–Crippen LogP) is 3.68. The maximum absolute atomic E-state index is 13.8. The molecule has 2 heterocycles. The van der Waals surface area contributed by atoms with E-state index in [2.05, 4.69) is 10.6 Å². The first kappa shape index (κ1) is 25.6. The highest BCUT2D eigenvalue weighted by atomic mass is 19.4. The number of benzene rings is 1. The van der Waals surface area contributed by atoms with Crippen molar-refractivity contribution in [2.45, 2.75) is 52.9 Å². The van der Waals surface area contributed by atoms with E-state index in [-0.39, 0.29) is 42.0 Å². The largest absolute Gasteiger partial charge is 0.416 e. The third kappa shape index (κ3) is 4.76. The quantitative estimate of drug-likeness (QED) is 0.625. The van der Waals surface area contributed by atoms with E-state index < -0.39 is 35.8 Å². The minimum atomic E-state index is -4.66. The highest BCUT2D eigenvalue weighted by Gasteiger charge is 2.49. The van der Waals surface area contributed by atoms with Gasteiger partial charge in [-0.2, -0.15) is 13.2 Å². The first-order chi connectivity index (χ1) is 15.9. The van der Waals surface area contributed by atoms with Crippen LogP contribution in [-0.4, -0.2) is 53.3 Å². The van der Waals surface area contributed by atoms with E-state index in [9.17, 15) is 27.6 Å². The Labute approximate surface area is 197 Å². The average Bonchev–Trinajstić information content (AvgIpc) is 3.07. The van der Waals surface area contributed by atoms with Gasteiger partial charge in [-0.05, 0) is 30.4 Å². The molecule has 0 spiro atoms. The van der Waals surface area contributed by atoms with Gasteiger partial charge in [-0.1, -0.05) is 45.9 Å². The molecule has 0 fully saturated rings. The van der Waals surface area contributed by atoms with Crippen LogP contribution in [0.2, 0.25) is 0 Å². The van der Waals surface area contributed by atoms with Crippen molar-refractivity contribution in [3.05, 3.63) is 46.7 Å². The molecule has 10 heteroatoms. The van der Waals surface area contributed by atoms with Crippen molar-refractivity contribution in [2.24, 2.45) is 11.8 Å². The summed E-state index contributed by atoms with van der Waals surface area (Å²) in [4.78, 5) is 42.2. The Morgan fingerprint density at radius 2 is 1.82 bits per heavy atom. The lowest BCUT2D eigenvalue weighted by molar-refractivity contribution is -0.139. The van der Waals surface area contributed by atoms with Crippen molar-refractivity contribution in [3.8, 4) is 0 Å². The van der Waals surface area contributed by atoms with E-state index in [1.165, 1.54) is 28.0 Å². The molecule has 2 N–H and O–H groups in total. The average molecular weight is 481 g/mol. The number of amides is 4. The van der Waals surface area contributed by atoms with Crippen LogP contribution < -0.4 is 10.6 Å². The topological polar surface area (TPSA) is 81.8 Å². The number of alkyl halides is 3. The minimum Gasteiger partial charge on any atom is -0.354 e. The van der Waals surface area contributed by atoms with Gasteiger partial charge in [-0.3, -0.25) is 14.5 Å². The van der Waals surface area contributed by atoms with Crippen LogP contribution in [0.1, 0.15) is 51.8 Å². The van der Waals surface area contributed by atoms with Crippen molar-refractivity contribution in [2.75, 3.05) is 19.6 Å². The van der Waals surface area contributed by atoms with Crippen LogP contribution in [0.4, 0.5) is 18.0 Å². The third-order valence-electron chi connectivity index (χ3n) is 6.06. The number of nitrogens with one attached hydrogen (secondary N) is 2. The zero-order valence-electron chi connectivity index (χ0n) is 20.0. The molecule has 0 aromatic heterocycles. The number of nitrogens with zero attached hydrogens (tertiary/aromatic N) is 2. The van der Waals surface area contributed by atoms with Gasteiger partial charge < -0.3 is 15.5 Å². The summed E-state index contributed by atoms with van der Waals surface area (Å²) in [6, 6.07) is 2.23. The SMILES string of the molecule is CCN1C(=O)N[C@@H](c2ccccc2C(F)(F)F)C2=C1CN([C@H](C(=O)NCC(C)C)C(C)C)C2=O. The summed E-state index contributed by atoms with van der Waals surface area (Å²) >= 11 is 0. The molecule has 0 saturated carbocycles. The molecule has 2 aliphatic heterocycles. The van der Waals surface area contributed by atoms with E-state index in [0.29, 0.717) is 12.2 Å². The summed E-state index contributed by atoms with van der Waals surface area (Å²) in [7, 11) is 0.